The molecule has 1 aliphatic heterocycles. The molecular formula is C10H16N4O4. The van der Waals surface area contributed by atoms with Crippen LogP contribution in [-0.4, -0.2) is 35.7 Å². The monoisotopic (exact) mass is 256 g/mol. The van der Waals surface area contributed by atoms with Gasteiger partial charge >= 0.3 is 0 Å². The van der Waals surface area contributed by atoms with Gasteiger partial charge in [0.1, 0.15) is 12.1 Å². The molecule has 1 aliphatic rings. The summed E-state index contributed by atoms with van der Waals surface area (Å²) < 4.78 is 0. The highest BCUT2D eigenvalue weighted by atomic mass is 16.2. The van der Waals surface area contributed by atoms with Gasteiger partial charge in [0.25, 0.3) is 0 Å². The first kappa shape index (κ1) is 13.9. The quantitative estimate of drug-likeness (QED) is 0.416. The molecule has 6 N–H and O–H groups in total. The summed E-state index contributed by atoms with van der Waals surface area (Å²) in [5.41, 5.74) is 10.1. The molecule has 2 unspecified atom stereocenters. The van der Waals surface area contributed by atoms with Crippen molar-refractivity contribution < 1.29 is 19.2 Å². The summed E-state index contributed by atoms with van der Waals surface area (Å²) in [7, 11) is 0. The lowest BCUT2D eigenvalue weighted by atomic mass is 10.1. The SMILES string of the molecule is NC(=O)CCC(NC(=O)C1CCC(=O)N1)C(N)=O. The van der Waals surface area contributed by atoms with Crippen LogP contribution < -0.4 is 22.1 Å². The fourth-order valence-corrected chi connectivity index (χ4v) is 1.66. The number of hydrogen-bond donors (Lipinski definition) is 4. The van der Waals surface area contributed by atoms with Gasteiger partial charge < -0.3 is 22.1 Å². The van der Waals surface area contributed by atoms with Crippen LogP contribution in [0.25, 0.3) is 0 Å². The smallest absolute Gasteiger partial charge is 0.243 e. The Bertz CT molecular complexity index is 382. The minimum atomic E-state index is -0.956. The molecule has 1 saturated heterocycles. The van der Waals surface area contributed by atoms with Crippen molar-refractivity contribution in [3.05, 3.63) is 0 Å². The van der Waals surface area contributed by atoms with Crippen LogP contribution in [-0.2, 0) is 19.2 Å². The number of nitrogens with two attached hydrogens (primary N) is 2. The van der Waals surface area contributed by atoms with E-state index in [4.69, 9.17) is 11.5 Å². The summed E-state index contributed by atoms with van der Waals surface area (Å²) in [5, 5.41) is 4.87. The number of rotatable bonds is 6. The Labute approximate surface area is 103 Å². The van der Waals surface area contributed by atoms with Gasteiger partial charge in [-0.3, -0.25) is 19.2 Å². The van der Waals surface area contributed by atoms with Crippen molar-refractivity contribution in [2.75, 3.05) is 0 Å². The standard InChI is InChI=1S/C10H16N4O4/c11-7(15)3-1-5(9(12)17)14-10(18)6-2-4-8(16)13-6/h5-6H,1-4H2,(H2,11,15)(H2,12,17)(H,13,16)(H,14,18). The molecule has 0 saturated carbocycles. The molecule has 100 valence electrons. The summed E-state index contributed by atoms with van der Waals surface area (Å²) in [6, 6.07) is -1.60. The van der Waals surface area contributed by atoms with E-state index in [1.807, 2.05) is 0 Å². The molecule has 2 atom stereocenters. The fraction of sp³-hybridized carbons (Fsp3) is 0.600. The molecule has 1 heterocycles. The summed E-state index contributed by atoms with van der Waals surface area (Å²) in [6.45, 7) is 0. The van der Waals surface area contributed by atoms with E-state index in [1.165, 1.54) is 0 Å². The lowest BCUT2D eigenvalue weighted by Crippen LogP contribution is -2.50. The predicted octanol–water partition coefficient (Wildman–Crippen LogP) is -2.50. The summed E-state index contributed by atoms with van der Waals surface area (Å²) >= 11 is 0. The summed E-state index contributed by atoms with van der Waals surface area (Å²) in [4.78, 5) is 44.4. The van der Waals surface area contributed by atoms with E-state index >= 15 is 0 Å². The van der Waals surface area contributed by atoms with Crippen LogP contribution in [0, 0.1) is 0 Å². The van der Waals surface area contributed by atoms with Crippen molar-refractivity contribution in [1.29, 1.82) is 0 Å². The molecule has 0 aliphatic carbocycles. The van der Waals surface area contributed by atoms with Gasteiger partial charge in [0.05, 0.1) is 0 Å². The van der Waals surface area contributed by atoms with Crippen molar-refractivity contribution in [2.24, 2.45) is 11.5 Å². The van der Waals surface area contributed by atoms with Crippen molar-refractivity contribution >= 4 is 23.6 Å². The summed E-state index contributed by atoms with van der Waals surface area (Å²) in [6.07, 6.45) is 0.661. The maximum atomic E-state index is 11.7. The Morgan fingerprint density at radius 2 is 2.06 bits per heavy atom. The molecule has 8 nitrogen and oxygen atoms in total. The normalized spacial score (nSPS) is 20.0. The summed E-state index contributed by atoms with van der Waals surface area (Å²) in [5.74, 6) is -2.00. The maximum absolute atomic E-state index is 11.7. The third-order valence-corrected chi connectivity index (χ3v) is 2.65. The highest BCUT2D eigenvalue weighted by molar-refractivity contribution is 5.93. The van der Waals surface area contributed by atoms with Crippen LogP contribution in [0.2, 0.25) is 0 Å². The second-order valence-electron chi connectivity index (χ2n) is 4.13. The Morgan fingerprint density at radius 1 is 1.39 bits per heavy atom. The first-order valence-corrected chi connectivity index (χ1v) is 5.57. The Morgan fingerprint density at radius 3 is 2.50 bits per heavy atom. The van der Waals surface area contributed by atoms with Gasteiger partial charge in [0, 0.05) is 12.8 Å². The zero-order valence-electron chi connectivity index (χ0n) is 9.77. The van der Waals surface area contributed by atoms with Crippen LogP contribution in [0.4, 0.5) is 0 Å². The minimum Gasteiger partial charge on any atom is -0.370 e. The molecule has 0 aromatic rings. The highest BCUT2D eigenvalue weighted by Gasteiger charge is 2.29. The van der Waals surface area contributed by atoms with Gasteiger partial charge in [-0.15, -0.1) is 0 Å². The van der Waals surface area contributed by atoms with Gasteiger partial charge in [-0.1, -0.05) is 0 Å². The zero-order valence-corrected chi connectivity index (χ0v) is 9.77. The lowest BCUT2D eigenvalue weighted by molar-refractivity contribution is -0.129. The first-order chi connectivity index (χ1) is 8.40. The van der Waals surface area contributed by atoms with E-state index in [9.17, 15) is 19.2 Å². The second kappa shape index (κ2) is 5.99. The molecule has 8 heteroatoms. The maximum Gasteiger partial charge on any atom is 0.243 e. The fourth-order valence-electron chi connectivity index (χ4n) is 1.66. The van der Waals surface area contributed by atoms with Crippen LogP contribution in [0.5, 0.6) is 0 Å². The minimum absolute atomic E-state index is 0.0507. The van der Waals surface area contributed by atoms with Gasteiger partial charge in [0.15, 0.2) is 0 Å². The van der Waals surface area contributed by atoms with Gasteiger partial charge in [-0.25, -0.2) is 0 Å². The van der Waals surface area contributed by atoms with Crippen molar-refractivity contribution in [3.63, 3.8) is 0 Å². The average molecular weight is 256 g/mol. The largest absolute Gasteiger partial charge is 0.370 e. The Hall–Kier alpha value is -2.12. The van der Waals surface area contributed by atoms with E-state index in [0.717, 1.165) is 0 Å². The molecule has 4 amide bonds. The molecular weight excluding hydrogens is 240 g/mol. The lowest BCUT2D eigenvalue weighted by Gasteiger charge is -2.17. The van der Waals surface area contributed by atoms with Gasteiger partial charge in [0.2, 0.25) is 23.6 Å². The molecule has 0 aromatic carbocycles. The predicted molar refractivity (Wildman–Crippen MR) is 60.7 cm³/mol. The number of hydrogen-bond acceptors (Lipinski definition) is 4. The molecule has 18 heavy (non-hydrogen) atoms. The van der Waals surface area contributed by atoms with E-state index in [1.54, 1.807) is 0 Å². The zero-order chi connectivity index (χ0) is 13.7. The average Bonchev–Trinajstić information content (AvgIpc) is 2.70. The molecule has 0 radical (unpaired) electrons. The topological polar surface area (TPSA) is 144 Å². The molecule has 0 aromatic heterocycles. The van der Waals surface area contributed by atoms with Crippen molar-refractivity contribution in [1.82, 2.24) is 10.6 Å². The van der Waals surface area contributed by atoms with E-state index in [-0.39, 0.29) is 25.2 Å². The van der Waals surface area contributed by atoms with Crippen LogP contribution in [0.1, 0.15) is 25.7 Å². The number of amides is 4. The highest BCUT2D eigenvalue weighted by Crippen LogP contribution is 2.07. The molecule has 0 bridgehead atoms. The molecule has 0 spiro atoms. The van der Waals surface area contributed by atoms with Gasteiger partial charge in [-0.2, -0.15) is 0 Å². The van der Waals surface area contributed by atoms with E-state index in [2.05, 4.69) is 10.6 Å². The Kier molecular flexibility index (Phi) is 4.64. The second-order valence-corrected chi connectivity index (χ2v) is 4.13. The molecule has 1 fully saturated rings. The number of carbonyl (C=O) groups excluding carboxylic acids is 4. The van der Waals surface area contributed by atoms with Crippen LogP contribution in [0.3, 0.4) is 0 Å². The molecule has 1 rings (SSSR count). The van der Waals surface area contributed by atoms with Crippen LogP contribution >= 0.6 is 0 Å². The van der Waals surface area contributed by atoms with Crippen molar-refractivity contribution in [2.45, 2.75) is 37.8 Å². The van der Waals surface area contributed by atoms with E-state index in [0.29, 0.717) is 6.42 Å². The van der Waals surface area contributed by atoms with Crippen molar-refractivity contribution in [3.8, 4) is 0 Å². The van der Waals surface area contributed by atoms with Crippen LogP contribution in [0.15, 0.2) is 0 Å². The number of nitrogens with one attached hydrogen (secondary N) is 2. The first-order valence-electron chi connectivity index (χ1n) is 5.57. The van der Waals surface area contributed by atoms with Gasteiger partial charge in [-0.05, 0) is 12.8 Å². The third kappa shape index (κ3) is 4.04. The number of carbonyl (C=O) groups is 4. The number of primary amides is 2. The Balaban J connectivity index is 2.49. The van der Waals surface area contributed by atoms with E-state index < -0.39 is 29.8 Å². The third-order valence-electron chi connectivity index (χ3n) is 2.65.